The van der Waals surface area contributed by atoms with Crippen molar-refractivity contribution >= 4 is 79.1 Å². The Kier molecular flexibility index (Phi) is 31.9. The third-order valence-corrected chi connectivity index (χ3v) is 15.0. The van der Waals surface area contributed by atoms with Crippen molar-refractivity contribution in [2.24, 2.45) is 23.3 Å². The van der Waals surface area contributed by atoms with Crippen LogP contribution in [0.25, 0.3) is 0 Å². The summed E-state index contributed by atoms with van der Waals surface area (Å²) in [6.07, 6.45) is -2.56. The number of carboxylic acid groups (broad SMARTS) is 1. The molecule has 23 N–H and O–H groups in total. The summed E-state index contributed by atoms with van der Waals surface area (Å²) in [7, 11) is -5.14. The van der Waals surface area contributed by atoms with E-state index in [0.717, 1.165) is 11.8 Å². The third kappa shape index (κ3) is 25.6. The van der Waals surface area contributed by atoms with Crippen LogP contribution in [-0.2, 0) is 68.5 Å². The number of benzene rings is 1. The number of carbonyl (C=O) groups is 12. The molecule has 1 aromatic carbocycles. The van der Waals surface area contributed by atoms with Crippen LogP contribution in [0.1, 0.15) is 92.6 Å². The van der Waals surface area contributed by atoms with Gasteiger partial charge in [-0.25, -0.2) is 4.79 Å². The lowest BCUT2D eigenvalue weighted by molar-refractivity contribution is -0.145. The second-order valence-electron chi connectivity index (χ2n) is 22.6. The van der Waals surface area contributed by atoms with Gasteiger partial charge >= 0.3 is 14.1 Å². The number of rotatable bonds is 37. The zero-order valence-electron chi connectivity index (χ0n) is 51.3. The Morgan fingerprint density at radius 1 is 0.633 bits per heavy atom. The van der Waals surface area contributed by atoms with Gasteiger partial charge in [-0.3, -0.25) is 58.1 Å². The first-order valence-corrected chi connectivity index (χ1v) is 31.0. The van der Waals surface area contributed by atoms with Crippen LogP contribution in [0.5, 0.6) is 0 Å². The predicted octanol–water partition coefficient (Wildman–Crippen LogP) is -8.14. The van der Waals surface area contributed by atoms with E-state index in [1.807, 2.05) is 0 Å². The number of nitrogens with two attached hydrogens (primary N) is 2. The molecular weight excluding hydrogens is 1210 g/mol. The van der Waals surface area contributed by atoms with Crippen molar-refractivity contribution in [2.45, 2.75) is 178 Å². The maximum absolute atomic E-state index is 14.4. The van der Waals surface area contributed by atoms with Crippen molar-refractivity contribution < 1.29 is 97.2 Å². The van der Waals surface area contributed by atoms with Crippen LogP contribution < -0.4 is 75.3 Å². The number of carbonyl (C=O) groups excluding carboxylic acids is 11. The summed E-state index contributed by atoms with van der Waals surface area (Å²) in [5.74, 6) is -13.4. The number of hydrogen-bond acceptors (Lipinski definition) is 23. The van der Waals surface area contributed by atoms with Crippen LogP contribution in [0, 0.1) is 11.8 Å². The molecule has 0 bridgehead atoms. The highest BCUT2D eigenvalue weighted by molar-refractivity contribution is 7.53. The van der Waals surface area contributed by atoms with Gasteiger partial charge in [0.15, 0.2) is 6.04 Å². The second kappa shape index (κ2) is 37.2. The molecule has 0 unspecified atom stereocenters. The van der Waals surface area contributed by atoms with Gasteiger partial charge in [-0.15, -0.1) is 0 Å². The van der Waals surface area contributed by atoms with Crippen LogP contribution >= 0.6 is 8.17 Å². The first kappa shape index (κ1) is 77.1. The number of aliphatic carboxylic acids is 1. The lowest BCUT2D eigenvalue weighted by atomic mass is 10.00. The van der Waals surface area contributed by atoms with Gasteiger partial charge in [-0.05, 0) is 89.8 Å². The van der Waals surface area contributed by atoms with Crippen LogP contribution in [0.4, 0.5) is 0 Å². The van der Waals surface area contributed by atoms with Gasteiger partial charge in [0.2, 0.25) is 65.0 Å². The van der Waals surface area contributed by atoms with E-state index in [2.05, 4.69) is 63.8 Å². The molecule has 90 heavy (non-hydrogen) atoms. The smallest absolute Gasteiger partial charge is 0.480 e. The van der Waals surface area contributed by atoms with E-state index < -0.39 is 196 Å². The van der Waals surface area contributed by atoms with E-state index >= 15 is 0 Å². The highest BCUT2D eigenvalue weighted by Crippen LogP contribution is 2.45. The molecule has 0 aromatic heterocycles. The van der Waals surface area contributed by atoms with Crippen molar-refractivity contribution in [3.05, 3.63) is 35.9 Å². The quantitative estimate of drug-likeness (QED) is 0.0167. The van der Waals surface area contributed by atoms with Crippen molar-refractivity contribution in [1.29, 1.82) is 0 Å². The molecule has 0 saturated carbocycles. The van der Waals surface area contributed by atoms with E-state index in [-0.39, 0.29) is 45.2 Å². The molecule has 2 aliphatic heterocycles. The SMILES string of the molecule is CC(C)[C@H](NC(=O)[C@H](CCCNC(N)N)NC(=O)[C@@H](NC(=O)[C@@H]1CCCN1)[C@@H](C)O)C(=O)N[C@@H](CO)C(=O)N[C@@H](CO[P+](O)(O)O)C(=O)N1CCC[C@H]1C(=O)N[C@H](C(=O)N[C@@H](Cc1ccccc1)C(=O)NCC(=O)N[C@@H](C)C(=O)N[C@H](C(=O)O)[C@@H](C)O)C(C)C. The van der Waals surface area contributed by atoms with E-state index in [4.69, 9.17) is 16.0 Å². The normalized spacial score (nSPS) is 18.6. The van der Waals surface area contributed by atoms with E-state index in [0.29, 0.717) is 24.9 Å². The molecule has 506 valence electrons. The molecule has 35 nitrogen and oxygen atoms in total. The Morgan fingerprint density at radius 2 is 1.18 bits per heavy atom. The van der Waals surface area contributed by atoms with Crippen molar-refractivity contribution in [3.63, 3.8) is 0 Å². The molecule has 3 rings (SSSR count). The Hall–Kier alpha value is -7.15. The molecule has 2 heterocycles. The summed E-state index contributed by atoms with van der Waals surface area (Å²) in [5, 5.41) is 69.8. The average Bonchev–Trinajstić information content (AvgIpc) is 1.77. The van der Waals surface area contributed by atoms with Crippen molar-refractivity contribution in [3.8, 4) is 0 Å². The molecule has 11 amide bonds. The minimum atomic E-state index is -5.14. The lowest BCUT2D eigenvalue weighted by Crippen LogP contribution is -2.62. The van der Waals surface area contributed by atoms with Gasteiger partial charge in [0.1, 0.15) is 67.3 Å². The Labute approximate surface area is 520 Å². The fourth-order valence-corrected chi connectivity index (χ4v) is 9.81. The summed E-state index contributed by atoms with van der Waals surface area (Å²) in [6, 6.07) is -7.77. The molecule has 2 saturated heterocycles. The summed E-state index contributed by atoms with van der Waals surface area (Å²) in [4.78, 5) is 192. The van der Waals surface area contributed by atoms with Gasteiger partial charge in [0, 0.05) is 13.0 Å². The average molecular weight is 1300 g/mol. The molecule has 1 aromatic rings. The lowest BCUT2D eigenvalue weighted by Gasteiger charge is -2.31. The predicted molar refractivity (Wildman–Crippen MR) is 319 cm³/mol. The Balaban J connectivity index is 1.80. The minimum absolute atomic E-state index is 0.0265. The molecule has 2 fully saturated rings. The maximum atomic E-state index is 14.4. The number of likely N-dealkylation sites (tertiary alicyclic amines) is 1. The molecule has 13 atom stereocenters. The number of nitrogens with one attached hydrogen (secondary N) is 12. The van der Waals surface area contributed by atoms with Gasteiger partial charge in [0.05, 0.1) is 31.4 Å². The van der Waals surface area contributed by atoms with Crippen LogP contribution in [0.2, 0.25) is 0 Å². The third-order valence-electron chi connectivity index (χ3n) is 14.5. The van der Waals surface area contributed by atoms with Gasteiger partial charge in [-0.1, -0.05) is 58.0 Å². The van der Waals surface area contributed by atoms with Gasteiger partial charge < -0.3 is 95.3 Å². The minimum Gasteiger partial charge on any atom is -0.480 e. The van der Waals surface area contributed by atoms with Crippen LogP contribution in [-0.4, -0.2) is 235 Å². The fourth-order valence-electron chi connectivity index (χ4n) is 9.46. The van der Waals surface area contributed by atoms with Gasteiger partial charge in [0.25, 0.3) is 0 Å². The summed E-state index contributed by atoms with van der Waals surface area (Å²) < 4.78 is 4.74. The highest BCUT2D eigenvalue weighted by atomic mass is 31.2. The summed E-state index contributed by atoms with van der Waals surface area (Å²) >= 11 is 0. The topological polar surface area (TPSA) is 555 Å². The number of nitrogens with zero attached hydrogens (tertiary/aromatic N) is 1. The zero-order valence-corrected chi connectivity index (χ0v) is 52.2. The molecular formula is C54H91N15O20P+. The standard InChI is InChI=1S/C54H90N15O20P/c1-26(2)39(65-46(77)33(17-12-20-58-54(55)56)61-51(82)41(29(6)71)67-45(76)32-16-11-19-57-32)50(81)63-35(24-70)47(78)64-36(25-89-90(86,87)88)52(83)69-21-13-18-37(69)48(79)66-40(27(3)4)49(80)62-34(22-31-14-9-8-10-15-31)44(75)59-23-38(73)60-28(5)43(74)68-42(30(7)72)53(84)85/h8-10,14-15,26-30,32-37,39-42,54,57-58,70-72,86-88H,11-13,16-25,55-56H2,1-7H3,(H10-,59,60,61,62,63,64,65,66,67,68,73,74,75,76,77,78,79,80,81,82,84,85)/p+1/t28-,29+,30+,32-,33-,34-,35-,36-,37-,39-,40-,41-,42-/m0/s1. The number of carboxylic acids is 1. The van der Waals surface area contributed by atoms with Crippen molar-refractivity contribution in [1.82, 2.24) is 68.7 Å². The maximum Gasteiger partial charge on any atom is 0.567 e. The monoisotopic (exact) mass is 1300 g/mol. The number of hydrogen-bond donors (Lipinski definition) is 21. The summed E-state index contributed by atoms with van der Waals surface area (Å²) in [6.45, 7) is 7.32. The first-order valence-electron chi connectivity index (χ1n) is 29.4. The first-order chi connectivity index (χ1) is 42.1. The Bertz CT molecular complexity index is 2610. The molecule has 0 radical (unpaired) electrons. The van der Waals surface area contributed by atoms with E-state index in [1.165, 1.54) is 27.7 Å². The Morgan fingerprint density at radius 3 is 1.72 bits per heavy atom. The molecule has 0 spiro atoms. The highest BCUT2D eigenvalue weighted by Gasteiger charge is 2.44. The second-order valence-corrected chi connectivity index (χ2v) is 23.9. The summed E-state index contributed by atoms with van der Waals surface area (Å²) in [5.41, 5.74) is 11.7. The van der Waals surface area contributed by atoms with Crippen LogP contribution in [0.3, 0.4) is 0 Å². The van der Waals surface area contributed by atoms with Gasteiger partial charge in [-0.2, -0.15) is 19.2 Å². The van der Waals surface area contributed by atoms with E-state index in [1.54, 1.807) is 44.2 Å². The molecule has 2 aliphatic rings. The number of amides is 11. The molecule has 36 heteroatoms. The largest absolute Gasteiger partial charge is 0.567 e. The van der Waals surface area contributed by atoms with Crippen LogP contribution in [0.15, 0.2) is 30.3 Å². The zero-order chi connectivity index (χ0) is 67.7. The fraction of sp³-hybridized carbons (Fsp3) is 0.667. The van der Waals surface area contributed by atoms with Crippen molar-refractivity contribution in [2.75, 3.05) is 39.4 Å². The molecule has 0 aliphatic carbocycles. The van der Waals surface area contributed by atoms with E-state index in [9.17, 15) is 92.6 Å². The number of aliphatic hydroxyl groups is 3. The number of aliphatic hydroxyl groups excluding tert-OH is 3.